The predicted molar refractivity (Wildman–Crippen MR) is 86.7 cm³/mol. The molecule has 0 aliphatic carbocycles. The first-order valence-corrected chi connectivity index (χ1v) is 7.88. The zero-order chi connectivity index (χ0) is 18.0. The molecule has 130 valence electrons. The summed E-state index contributed by atoms with van der Waals surface area (Å²) in [5.41, 5.74) is 1.87. The van der Waals surface area contributed by atoms with Crippen molar-refractivity contribution in [1.82, 2.24) is 25.3 Å². The number of aromatic nitrogens is 4. The summed E-state index contributed by atoms with van der Waals surface area (Å²) in [5, 5.41) is 15.0. The monoisotopic (exact) mass is 333 g/mol. The molecule has 1 N–H and O–H groups in total. The first-order valence-electron chi connectivity index (χ1n) is 7.88. The highest BCUT2D eigenvalue weighted by atomic mass is 16.4. The van der Waals surface area contributed by atoms with Gasteiger partial charge in [0.15, 0.2) is 5.78 Å². The molecule has 2 aromatic rings. The summed E-state index contributed by atoms with van der Waals surface area (Å²) in [6.45, 7) is 10.7. The maximum atomic E-state index is 12.2. The number of hydrogen-bond acceptors (Lipinski definition) is 6. The molecule has 0 radical (unpaired) electrons. The standard InChI is InChI=1S/C16H23N5O3/c1-8(2)15-18-19-16(24-15)10(4)17-13(23)7-21-11(5)14(12(6)22)9(3)20-21/h8,10H,7H2,1-6H3,(H,17,23). The molecule has 2 aromatic heterocycles. The first-order chi connectivity index (χ1) is 11.2. The molecule has 0 aromatic carbocycles. The molecule has 1 atom stereocenters. The largest absolute Gasteiger partial charge is 0.423 e. The Bertz CT molecular complexity index is 760. The van der Waals surface area contributed by atoms with E-state index in [9.17, 15) is 9.59 Å². The summed E-state index contributed by atoms with van der Waals surface area (Å²) in [6, 6.07) is -0.401. The third-order valence-corrected chi connectivity index (χ3v) is 3.73. The molecule has 0 aliphatic heterocycles. The molecule has 8 heteroatoms. The van der Waals surface area contributed by atoms with Gasteiger partial charge >= 0.3 is 0 Å². The lowest BCUT2D eigenvalue weighted by molar-refractivity contribution is -0.122. The van der Waals surface area contributed by atoms with Gasteiger partial charge in [0.2, 0.25) is 17.7 Å². The van der Waals surface area contributed by atoms with Gasteiger partial charge in [0.25, 0.3) is 0 Å². The third-order valence-electron chi connectivity index (χ3n) is 3.73. The van der Waals surface area contributed by atoms with Crippen LogP contribution in [0, 0.1) is 13.8 Å². The first kappa shape index (κ1) is 17.8. The van der Waals surface area contributed by atoms with Gasteiger partial charge in [-0.05, 0) is 27.7 Å². The summed E-state index contributed by atoms with van der Waals surface area (Å²) >= 11 is 0. The van der Waals surface area contributed by atoms with Crippen LogP contribution in [0.3, 0.4) is 0 Å². The number of ketones is 1. The quantitative estimate of drug-likeness (QED) is 0.812. The van der Waals surface area contributed by atoms with Gasteiger partial charge < -0.3 is 9.73 Å². The highest BCUT2D eigenvalue weighted by Gasteiger charge is 2.20. The molecule has 0 fully saturated rings. The summed E-state index contributed by atoms with van der Waals surface area (Å²) < 4.78 is 7.06. The Hall–Kier alpha value is -2.51. The Morgan fingerprint density at radius 3 is 2.29 bits per heavy atom. The van der Waals surface area contributed by atoms with Crippen molar-refractivity contribution >= 4 is 11.7 Å². The third kappa shape index (κ3) is 3.69. The van der Waals surface area contributed by atoms with Crippen LogP contribution in [-0.2, 0) is 11.3 Å². The second kappa shape index (κ2) is 6.94. The molecule has 1 amide bonds. The van der Waals surface area contributed by atoms with Crippen molar-refractivity contribution in [3.05, 3.63) is 28.7 Å². The van der Waals surface area contributed by atoms with E-state index in [2.05, 4.69) is 20.6 Å². The van der Waals surface area contributed by atoms with Crippen LogP contribution < -0.4 is 5.32 Å². The van der Waals surface area contributed by atoms with Gasteiger partial charge in [0.05, 0.1) is 11.3 Å². The smallest absolute Gasteiger partial charge is 0.242 e. The van der Waals surface area contributed by atoms with Crippen LogP contribution >= 0.6 is 0 Å². The molecule has 0 saturated carbocycles. The zero-order valence-electron chi connectivity index (χ0n) is 14.9. The minimum Gasteiger partial charge on any atom is -0.423 e. The van der Waals surface area contributed by atoms with E-state index in [1.807, 2.05) is 13.8 Å². The molecule has 0 saturated heterocycles. The van der Waals surface area contributed by atoms with E-state index >= 15 is 0 Å². The van der Waals surface area contributed by atoms with Crippen LogP contribution in [0.2, 0.25) is 0 Å². The van der Waals surface area contributed by atoms with Gasteiger partial charge in [-0.1, -0.05) is 13.8 Å². The van der Waals surface area contributed by atoms with Crippen molar-refractivity contribution < 1.29 is 14.0 Å². The van der Waals surface area contributed by atoms with E-state index in [4.69, 9.17) is 4.42 Å². The second-order valence-corrected chi connectivity index (χ2v) is 6.18. The zero-order valence-corrected chi connectivity index (χ0v) is 14.9. The summed E-state index contributed by atoms with van der Waals surface area (Å²) in [7, 11) is 0. The van der Waals surface area contributed by atoms with Crippen molar-refractivity contribution in [2.75, 3.05) is 0 Å². The highest BCUT2D eigenvalue weighted by molar-refractivity contribution is 5.96. The predicted octanol–water partition coefficient (Wildman–Crippen LogP) is 2.09. The molecular formula is C16H23N5O3. The van der Waals surface area contributed by atoms with Gasteiger partial charge in [-0.2, -0.15) is 5.10 Å². The lowest BCUT2D eigenvalue weighted by Gasteiger charge is -2.11. The van der Waals surface area contributed by atoms with E-state index < -0.39 is 6.04 Å². The van der Waals surface area contributed by atoms with Crippen LogP contribution in [0.4, 0.5) is 0 Å². The highest BCUT2D eigenvalue weighted by Crippen LogP contribution is 2.17. The SMILES string of the molecule is CC(=O)c1c(C)nn(CC(=O)NC(C)c2nnc(C(C)C)o2)c1C. The molecular weight excluding hydrogens is 310 g/mol. The molecule has 0 spiro atoms. The lowest BCUT2D eigenvalue weighted by atomic mass is 10.1. The van der Waals surface area contributed by atoms with Crippen LogP contribution in [-0.4, -0.2) is 31.7 Å². The number of aryl methyl sites for hydroxylation is 1. The summed E-state index contributed by atoms with van der Waals surface area (Å²) in [5.74, 6) is 0.735. The van der Waals surface area contributed by atoms with E-state index in [1.165, 1.54) is 11.6 Å². The van der Waals surface area contributed by atoms with Gasteiger partial charge in [-0.25, -0.2) is 0 Å². The van der Waals surface area contributed by atoms with Gasteiger partial charge in [0, 0.05) is 11.6 Å². The van der Waals surface area contributed by atoms with E-state index in [-0.39, 0.29) is 24.2 Å². The van der Waals surface area contributed by atoms with Gasteiger partial charge in [-0.3, -0.25) is 14.3 Å². The van der Waals surface area contributed by atoms with Crippen molar-refractivity contribution in [3.8, 4) is 0 Å². The molecule has 0 bridgehead atoms. The summed E-state index contributed by atoms with van der Waals surface area (Å²) in [4.78, 5) is 23.9. The summed E-state index contributed by atoms with van der Waals surface area (Å²) in [6.07, 6.45) is 0. The normalized spacial score (nSPS) is 12.5. The molecule has 1 unspecified atom stereocenters. The van der Waals surface area contributed by atoms with Crippen molar-refractivity contribution in [2.45, 2.75) is 60.0 Å². The van der Waals surface area contributed by atoms with E-state index in [1.54, 1.807) is 20.8 Å². The number of nitrogens with zero attached hydrogens (tertiary/aromatic N) is 4. The number of Topliss-reactive ketones (excluding diaryl/α,β-unsaturated/α-hetero) is 1. The van der Waals surface area contributed by atoms with Gasteiger partial charge in [0.1, 0.15) is 12.6 Å². The Labute approximate surface area is 140 Å². The van der Waals surface area contributed by atoms with Gasteiger partial charge in [-0.15, -0.1) is 10.2 Å². The van der Waals surface area contributed by atoms with Crippen molar-refractivity contribution in [2.24, 2.45) is 0 Å². The number of hydrogen-bond donors (Lipinski definition) is 1. The molecule has 2 heterocycles. The molecule has 24 heavy (non-hydrogen) atoms. The fraction of sp³-hybridized carbons (Fsp3) is 0.562. The minimum absolute atomic E-state index is 0.0233. The Kier molecular flexibility index (Phi) is 5.16. The number of carbonyl (C=O) groups is 2. The topological polar surface area (TPSA) is 103 Å². The Morgan fingerprint density at radius 1 is 1.17 bits per heavy atom. The Balaban J connectivity index is 2.05. The number of nitrogens with one attached hydrogen (secondary N) is 1. The number of rotatable bonds is 6. The van der Waals surface area contributed by atoms with Crippen molar-refractivity contribution in [3.63, 3.8) is 0 Å². The minimum atomic E-state index is -0.401. The maximum absolute atomic E-state index is 12.2. The second-order valence-electron chi connectivity index (χ2n) is 6.18. The molecule has 2 rings (SSSR count). The van der Waals surface area contributed by atoms with Crippen LogP contribution in [0.25, 0.3) is 0 Å². The molecule has 0 aliphatic rings. The van der Waals surface area contributed by atoms with E-state index in [0.717, 1.165) is 0 Å². The van der Waals surface area contributed by atoms with E-state index in [0.29, 0.717) is 28.7 Å². The fourth-order valence-corrected chi connectivity index (χ4v) is 2.50. The van der Waals surface area contributed by atoms with Crippen LogP contribution in [0.15, 0.2) is 4.42 Å². The average Bonchev–Trinajstić information content (AvgIpc) is 3.04. The fourth-order valence-electron chi connectivity index (χ4n) is 2.50. The molecule has 8 nitrogen and oxygen atoms in total. The lowest BCUT2D eigenvalue weighted by Crippen LogP contribution is -2.31. The number of carbonyl (C=O) groups excluding carboxylic acids is 2. The average molecular weight is 333 g/mol. The van der Waals surface area contributed by atoms with Crippen LogP contribution in [0.5, 0.6) is 0 Å². The Morgan fingerprint density at radius 2 is 1.79 bits per heavy atom. The maximum Gasteiger partial charge on any atom is 0.242 e. The van der Waals surface area contributed by atoms with Crippen LogP contribution in [0.1, 0.15) is 73.2 Å². The number of amides is 1. The van der Waals surface area contributed by atoms with Crippen molar-refractivity contribution in [1.29, 1.82) is 0 Å².